The summed E-state index contributed by atoms with van der Waals surface area (Å²) in [7, 11) is 0. The Morgan fingerprint density at radius 3 is 2.79 bits per heavy atom. The topological polar surface area (TPSA) is 34.9 Å². The van der Waals surface area contributed by atoms with Gasteiger partial charge in [-0.3, -0.25) is 9.36 Å². The van der Waals surface area contributed by atoms with Crippen LogP contribution in [0.1, 0.15) is 10.4 Å². The van der Waals surface area contributed by atoms with Crippen molar-refractivity contribution >= 4 is 40.1 Å². The second kappa shape index (κ2) is 4.68. The van der Waals surface area contributed by atoms with Gasteiger partial charge in [0.25, 0.3) is 5.91 Å². The number of carbonyl (C=O) groups excluding carboxylic acids is 1. The lowest BCUT2D eigenvalue weighted by Crippen LogP contribution is -2.11. The van der Waals surface area contributed by atoms with Crippen molar-refractivity contribution < 1.29 is 4.79 Å². The van der Waals surface area contributed by atoms with E-state index in [4.69, 9.17) is 23.2 Å². The zero-order chi connectivity index (χ0) is 13.4. The Labute approximate surface area is 119 Å². The molecule has 3 rings (SSSR count). The van der Waals surface area contributed by atoms with Gasteiger partial charge in [-0.25, -0.2) is 4.98 Å². The van der Waals surface area contributed by atoms with E-state index in [0.29, 0.717) is 21.3 Å². The summed E-state index contributed by atoms with van der Waals surface area (Å²) in [6.07, 6.45) is 3.24. The summed E-state index contributed by atoms with van der Waals surface area (Å²) in [6.45, 7) is 0. The van der Waals surface area contributed by atoms with E-state index >= 15 is 0 Å². The summed E-state index contributed by atoms with van der Waals surface area (Å²) >= 11 is 12.0. The number of halogens is 2. The number of nitrogens with zero attached hydrogens (tertiary/aromatic N) is 2. The maximum absolute atomic E-state index is 12.4. The molecular weight excluding hydrogens is 283 g/mol. The molecule has 1 aromatic carbocycles. The predicted octanol–water partition coefficient (Wildman–Crippen LogP) is 4.03. The van der Waals surface area contributed by atoms with Crippen LogP contribution in [0.3, 0.4) is 0 Å². The molecule has 19 heavy (non-hydrogen) atoms. The van der Waals surface area contributed by atoms with Gasteiger partial charge < -0.3 is 0 Å². The number of fused-ring (bicyclic) bond motifs is 1. The average Bonchev–Trinajstić information content (AvgIpc) is 2.83. The van der Waals surface area contributed by atoms with Crippen molar-refractivity contribution in [3.63, 3.8) is 0 Å². The van der Waals surface area contributed by atoms with Crippen LogP contribution in [0, 0.1) is 0 Å². The Morgan fingerprint density at radius 1 is 1.16 bits per heavy atom. The lowest BCUT2D eigenvalue weighted by molar-refractivity contribution is 0.0964. The first kappa shape index (κ1) is 12.2. The molecule has 0 N–H and O–H groups in total. The third kappa shape index (κ3) is 2.11. The van der Waals surface area contributed by atoms with Crippen molar-refractivity contribution in [3.05, 3.63) is 64.4 Å². The molecule has 0 spiro atoms. The highest BCUT2D eigenvalue weighted by atomic mass is 35.5. The maximum Gasteiger partial charge on any atom is 0.263 e. The Morgan fingerprint density at radius 2 is 2.00 bits per heavy atom. The van der Waals surface area contributed by atoms with Gasteiger partial charge in [0.2, 0.25) is 0 Å². The largest absolute Gasteiger partial charge is 0.268 e. The first-order valence-corrected chi connectivity index (χ1v) is 6.34. The highest BCUT2D eigenvalue weighted by Crippen LogP contribution is 2.23. The molecule has 2 heterocycles. The van der Waals surface area contributed by atoms with Crippen LogP contribution in [-0.4, -0.2) is 15.5 Å². The van der Waals surface area contributed by atoms with Crippen molar-refractivity contribution in [2.45, 2.75) is 0 Å². The molecule has 94 valence electrons. The smallest absolute Gasteiger partial charge is 0.263 e. The standard InChI is InChI=1S/C14H8Cl2N2O/c15-10-3-1-2-9(8-10)14(19)18-7-5-11-12(16)4-6-17-13(11)18/h1-8H. The number of pyridine rings is 1. The fourth-order valence-electron chi connectivity index (χ4n) is 1.93. The van der Waals surface area contributed by atoms with Crippen LogP contribution in [0.2, 0.25) is 10.0 Å². The van der Waals surface area contributed by atoms with Gasteiger partial charge in [0.1, 0.15) is 5.65 Å². The van der Waals surface area contributed by atoms with E-state index in [1.807, 2.05) is 0 Å². The molecule has 3 aromatic rings. The van der Waals surface area contributed by atoms with Crippen molar-refractivity contribution in [3.8, 4) is 0 Å². The molecule has 5 heteroatoms. The van der Waals surface area contributed by atoms with E-state index in [2.05, 4.69) is 4.98 Å². The van der Waals surface area contributed by atoms with Crippen molar-refractivity contribution in [1.29, 1.82) is 0 Å². The van der Waals surface area contributed by atoms with Gasteiger partial charge in [-0.1, -0.05) is 29.3 Å². The molecule has 0 atom stereocenters. The van der Waals surface area contributed by atoms with Gasteiger partial charge >= 0.3 is 0 Å². The highest BCUT2D eigenvalue weighted by Gasteiger charge is 2.13. The zero-order valence-electron chi connectivity index (χ0n) is 9.68. The molecule has 0 fully saturated rings. The van der Waals surface area contributed by atoms with Gasteiger partial charge in [0.15, 0.2) is 0 Å². The average molecular weight is 291 g/mol. The van der Waals surface area contributed by atoms with Crippen LogP contribution < -0.4 is 0 Å². The SMILES string of the molecule is O=C(c1cccc(Cl)c1)n1ccc2c(Cl)ccnc21. The van der Waals surface area contributed by atoms with Crippen LogP contribution in [0.4, 0.5) is 0 Å². The minimum atomic E-state index is -0.188. The molecule has 2 aromatic heterocycles. The van der Waals surface area contributed by atoms with Crippen LogP contribution in [-0.2, 0) is 0 Å². The summed E-state index contributed by atoms with van der Waals surface area (Å²) in [6, 6.07) is 10.3. The van der Waals surface area contributed by atoms with Gasteiger partial charge in [0.05, 0.1) is 5.02 Å². The Kier molecular flexibility index (Phi) is 3.01. The van der Waals surface area contributed by atoms with Gasteiger partial charge in [-0.2, -0.15) is 0 Å². The summed E-state index contributed by atoms with van der Waals surface area (Å²) < 4.78 is 1.47. The number of rotatable bonds is 1. The third-order valence-electron chi connectivity index (χ3n) is 2.82. The first-order valence-electron chi connectivity index (χ1n) is 5.58. The Bertz CT molecular complexity index is 780. The molecule has 0 unspecified atom stereocenters. The van der Waals surface area contributed by atoms with Crippen LogP contribution in [0.25, 0.3) is 11.0 Å². The zero-order valence-corrected chi connectivity index (χ0v) is 11.2. The molecule has 0 saturated carbocycles. The number of hydrogen-bond donors (Lipinski definition) is 0. The summed E-state index contributed by atoms with van der Waals surface area (Å²) in [4.78, 5) is 16.6. The monoisotopic (exact) mass is 290 g/mol. The molecule has 0 saturated heterocycles. The molecular formula is C14H8Cl2N2O. The minimum absolute atomic E-state index is 0.188. The Balaban J connectivity index is 2.15. The highest BCUT2D eigenvalue weighted by molar-refractivity contribution is 6.35. The van der Waals surface area contributed by atoms with Crippen molar-refractivity contribution in [2.24, 2.45) is 0 Å². The lowest BCUT2D eigenvalue weighted by Gasteiger charge is -2.04. The molecule has 0 bridgehead atoms. The van der Waals surface area contributed by atoms with Crippen molar-refractivity contribution in [1.82, 2.24) is 9.55 Å². The van der Waals surface area contributed by atoms with E-state index in [1.165, 1.54) is 4.57 Å². The second-order valence-electron chi connectivity index (χ2n) is 4.03. The molecule has 0 radical (unpaired) electrons. The number of benzene rings is 1. The second-order valence-corrected chi connectivity index (χ2v) is 4.87. The minimum Gasteiger partial charge on any atom is -0.268 e. The Hall–Kier alpha value is -1.84. The fourth-order valence-corrected chi connectivity index (χ4v) is 2.32. The first-order chi connectivity index (χ1) is 9.16. The summed E-state index contributed by atoms with van der Waals surface area (Å²) in [5.41, 5.74) is 1.05. The van der Waals surface area contributed by atoms with Crippen LogP contribution >= 0.6 is 23.2 Å². The third-order valence-corrected chi connectivity index (χ3v) is 3.39. The predicted molar refractivity (Wildman–Crippen MR) is 75.9 cm³/mol. The van der Waals surface area contributed by atoms with Crippen molar-refractivity contribution in [2.75, 3.05) is 0 Å². The number of aromatic nitrogens is 2. The summed E-state index contributed by atoms with van der Waals surface area (Å²) in [5.74, 6) is -0.188. The maximum atomic E-state index is 12.4. The quantitative estimate of drug-likeness (QED) is 0.678. The van der Waals surface area contributed by atoms with Crippen LogP contribution in [0.15, 0.2) is 48.8 Å². The van der Waals surface area contributed by atoms with E-state index in [9.17, 15) is 4.79 Å². The van der Waals surface area contributed by atoms with Gasteiger partial charge in [0, 0.05) is 28.4 Å². The van der Waals surface area contributed by atoms with E-state index in [-0.39, 0.29) is 5.91 Å². The number of carbonyl (C=O) groups is 1. The normalized spacial score (nSPS) is 10.8. The van der Waals surface area contributed by atoms with Gasteiger partial charge in [-0.05, 0) is 30.3 Å². The van der Waals surface area contributed by atoms with E-state index < -0.39 is 0 Å². The lowest BCUT2D eigenvalue weighted by atomic mass is 10.2. The fraction of sp³-hybridized carbons (Fsp3) is 0. The van der Waals surface area contributed by atoms with E-state index in [1.54, 1.807) is 48.8 Å². The van der Waals surface area contributed by atoms with Crippen LogP contribution in [0.5, 0.6) is 0 Å². The molecule has 0 aliphatic carbocycles. The summed E-state index contributed by atoms with van der Waals surface area (Å²) in [5, 5.41) is 1.84. The molecule has 0 aliphatic heterocycles. The molecule has 0 aliphatic rings. The molecule has 3 nitrogen and oxygen atoms in total. The van der Waals surface area contributed by atoms with E-state index in [0.717, 1.165) is 5.39 Å². The van der Waals surface area contributed by atoms with Gasteiger partial charge in [-0.15, -0.1) is 0 Å². The molecule has 0 amide bonds. The number of hydrogen-bond acceptors (Lipinski definition) is 2.